The van der Waals surface area contributed by atoms with Gasteiger partial charge in [0.25, 0.3) is 0 Å². The van der Waals surface area contributed by atoms with Crippen molar-refractivity contribution in [2.24, 2.45) is 0 Å². The van der Waals surface area contributed by atoms with E-state index in [9.17, 15) is 5.11 Å². The molecule has 0 aliphatic rings. The molecule has 114 valence electrons. The summed E-state index contributed by atoms with van der Waals surface area (Å²) in [7, 11) is 0. The highest BCUT2D eigenvalue weighted by Gasteiger charge is 2.02. The van der Waals surface area contributed by atoms with E-state index < -0.39 is 0 Å². The van der Waals surface area contributed by atoms with E-state index in [1.165, 1.54) is 5.56 Å². The summed E-state index contributed by atoms with van der Waals surface area (Å²) >= 11 is 6.01. The van der Waals surface area contributed by atoms with Gasteiger partial charge in [-0.05, 0) is 35.4 Å². The van der Waals surface area contributed by atoms with Crippen molar-refractivity contribution in [1.82, 2.24) is 0 Å². The first-order valence-electron chi connectivity index (χ1n) is 7.40. The van der Waals surface area contributed by atoms with Gasteiger partial charge in [0, 0.05) is 22.7 Å². The normalized spacial score (nSPS) is 11.0. The van der Waals surface area contributed by atoms with Crippen LogP contribution in [0.25, 0.3) is 12.2 Å². The largest absolute Gasteiger partial charge is 0.508 e. The fraction of sp³-hybridized carbons (Fsp3) is 0.0500. The number of aromatic hydroxyl groups is 1. The maximum Gasteiger partial charge on any atom is 0.173 e. The molecule has 23 heavy (non-hydrogen) atoms. The zero-order chi connectivity index (χ0) is 16.1. The first-order chi connectivity index (χ1) is 11.2. The minimum atomic E-state index is 0.281. The predicted molar refractivity (Wildman–Crippen MR) is 94.2 cm³/mol. The third-order valence-corrected chi connectivity index (χ3v) is 3.77. The molecule has 0 unspecified atom stereocenters. The molecule has 2 nitrogen and oxygen atoms in total. The Morgan fingerprint density at radius 1 is 0.870 bits per heavy atom. The Morgan fingerprint density at radius 2 is 1.52 bits per heavy atom. The van der Waals surface area contributed by atoms with Crippen molar-refractivity contribution in [3.05, 3.63) is 94.8 Å². The number of rotatable bonds is 4. The Kier molecular flexibility index (Phi) is 4.74. The highest BCUT2D eigenvalue weighted by Crippen LogP contribution is 2.13. The molecule has 0 radical (unpaired) electrons. The molecule has 0 aliphatic heterocycles. The molecule has 0 amide bonds. The van der Waals surface area contributed by atoms with Crippen LogP contribution in [0.2, 0.25) is 5.02 Å². The lowest BCUT2D eigenvalue weighted by Crippen LogP contribution is -2.33. The summed E-state index contributed by atoms with van der Waals surface area (Å²) < 4.78 is 2.11. The van der Waals surface area contributed by atoms with Gasteiger partial charge in [0.2, 0.25) is 0 Å². The number of halogens is 1. The lowest BCUT2D eigenvalue weighted by Gasteiger charge is -1.99. The molecular formula is C20H17ClNO+. The summed E-state index contributed by atoms with van der Waals surface area (Å²) in [5.74, 6) is 0.281. The van der Waals surface area contributed by atoms with Crippen LogP contribution >= 0.6 is 11.6 Å². The molecule has 0 fully saturated rings. The van der Waals surface area contributed by atoms with E-state index in [1.807, 2.05) is 36.4 Å². The van der Waals surface area contributed by atoms with Crippen molar-refractivity contribution in [3.8, 4) is 5.75 Å². The van der Waals surface area contributed by atoms with Crippen molar-refractivity contribution in [3.63, 3.8) is 0 Å². The topological polar surface area (TPSA) is 24.1 Å². The Hall–Kier alpha value is -2.58. The molecule has 0 saturated carbocycles. The van der Waals surface area contributed by atoms with Gasteiger partial charge in [0.15, 0.2) is 18.9 Å². The van der Waals surface area contributed by atoms with Gasteiger partial charge < -0.3 is 5.11 Å². The van der Waals surface area contributed by atoms with Crippen LogP contribution in [-0.4, -0.2) is 5.11 Å². The van der Waals surface area contributed by atoms with E-state index >= 15 is 0 Å². The SMILES string of the molecule is Oc1ccc(/C=C/c2cc[n+](Cc3cccc(Cl)c3)cc2)cc1. The van der Waals surface area contributed by atoms with Crippen LogP contribution < -0.4 is 4.57 Å². The minimum absolute atomic E-state index is 0.281. The van der Waals surface area contributed by atoms with Crippen LogP contribution in [0.15, 0.2) is 73.1 Å². The average Bonchev–Trinajstić information content (AvgIpc) is 2.56. The quantitative estimate of drug-likeness (QED) is 0.700. The first kappa shape index (κ1) is 15.3. The maximum atomic E-state index is 9.28. The molecule has 0 atom stereocenters. The van der Waals surface area contributed by atoms with Crippen molar-refractivity contribution >= 4 is 23.8 Å². The van der Waals surface area contributed by atoms with Crippen LogP contribution in [0.1, 0.15) is 16.7 Å². The van der Waals surface area contributed by atoms with Gasteiger partial charge in [-0.3, -0.25) is 0 Å². The lowest BCUT2D eigenvalue weighted by atomic mass is 10.1. The number of phenols is 1. The molecule has 3 aromatic rings. The summed E-state index contributed by atoms with van der Waals surface area (Å²) in [6.07, 6.45) is 8.18. The number of phenolic OH excluding ortho intramolecular Hbond substituents is 1. The third-order valence-electron chi connectivity index (χ3n) is 3.53. The minimum Gasteiger partial charge on any atom is -0.508 e. The van der Waals surface area contributed by atoms with Gasteiger partial charge in [0.05, 0.1) is 0 Å². The van der Waals surface area contributed by atoms with Gasteiger partial charge in [-0.2, -0.15) is 0 Å². The zero-order valence-electron chi connectivity index (χ0n) is 12.6. The van der Waals surface area contributed by atoms with E-state index in [1.54, 1.807) is 12.1 Å². The molecule has 0 spiro atoms. The van der Waals surface area contributed by atoms with Crippen molar-refractivity contribution in [2.45, 2.75) is 6.54 Å². The highest BCUT2D eigenvalue weighted by molar-refractivity contribution is 6.30. The number of hydrogen-bond donors (Lipinski definition) is 1. The van der Waals surface area contributed by atoms with Gasteiger partial charge in [-0.1, -0.05) is 48.0 Å². The van der Waals surface area contributed by atoms with Crippen LogP contribution in [0.5, 0.6) is 5.75 Å². The van der Waals surface area contributed by atoms with Crippen molar-refractivity contribution in [1.29, 1.82) is 0 Å². The second-order valence-electron chi connectivity index (χ2n) is 5.36. The molecule has 3 rings (SSSR count). The Balaban J connectivity index is 1.68. The summed E-state index contributed by atoms with van der Waals surface area (Å²) in [6.45, 7) is 0.794. The monoisotopic (exact) mass is 322 g/mol. The molecule has 1 aromatic heterocycles. The Labute approximate surface area is 140 Å². The van der Waals surface area contributed by atoms with E-state index in [-0.39, 0.29) is 5.75 Å². The maximum absolute atomic E-state index is 9.28. The molecular weight excluding hydrogens is 306 g/mol. The Morgan fingerprint density at radius 3 is 2.17 bits per heavy atom. The molecule has 3 heteroatoms. The standard InChI is InChI=1S/C20H16ClNO/c21-19-3-1-2-18(14-19)15-22-12-10-17(11-13-22)5-4-16-6-8-20(23)9-7-16/h1-14H,15H2/p+1. The number of nitrogens with zero attached hydrogens (tertiary/aromatic N) is 1. The van der Waals surface area contributed by atoms with Crippen LogP contribution in [-0.2, 0) is 6.54 Å². The van der Waals surface area contributed by atoms with E-state index in [4.69, 9.17) is 11.6 Å². The van der Waals surface area contributed by atoms with Crippen LogP contribution in [0, 0.1) is 0 Å². The van der Waals surface area contributed by atoms with E-state index in [0.717, 1.165) is 22.7 Å². The van der Waals surface area contributed by atoms with Gasteiger partial charge in [-0.15, -0.1) is 0 Å². The predicted octanol–water partition coefficient (Wildman–Crippen LogP) is 4.55. The summed E-state index contributed by atoms with van der Waals surface area (Å²) in [5, 5.41) is 10.0. The molecule has 1 N–H and O–H groups in total. The first-order valence-corrected chi connectivity index (χ1v) is 7.77. The second kappa shape index (κ2) is 7.12. The smallest absolute Gasteiger partial charge is 0.173 e. The van der Waals surface area contributed by atoms with Crippen LogP contribution in [0.4, 0.5) is 0 Å². The van der Waals surface area contributed by atoms with Crippen molar-refractivity contribution < 1.29 is 9.67 Å². The highest BCUT2D eigenvalue weighted by atomic mass is 35.5. The van der Waals surface area contributed by atoms with Gasteiger partial charge in [0.1, 0.15) is 5.75 Å². The fourth-order valence-corrected chi connectivity index (χ4v) is 2.52. The number of hydrogen-bond acceptors (Lipinski definition) is 1. The molecule has 1 heterocycles. The average molecular weight is 323 g/mol. The number of aromatic nitrogens is 1. The number of benzene rings is 2. The molecule has 0 saturated heterocycles. The third kappa shape index (κ3) is 4.44. The lowest BCUT2D eigenvalue weighted by molar-refractivity contribution is -0.688. The van der Waals surface area contributed by atoms with Crippen molar-refractivity contribution in [2.75, 3.05) is 0 Å². The molecule has 0 aliphatic carbocycles. The van der Waals surface area contributed by atoms with Gasteiger partial charge in [-0.25, -0.2) is 4.57 Å². The van der Waals surface area contributed by atoms with Gasteiger partial charge >= 0.3 is 0 Å². The van der Waals surface area contributed by atoms with Crippen LogP contribution in [0.3, 0.4) is 0 Å². The fourth-order valence-electron chi connectivity index (χ4n) is 2.31. The Bertz CT molecular complexity index is 808. The second-order valence-corrected chi connectivity index (χ2v) is 5.80. The van der Waals surface area contributed by atoms with E-state index in [0.29, 0.717) is 0 Å². The van der Waals surface area contributed by atoms with E-state index in [2.05, 4.69) is 41.2 Å². The summed E-state index contributed by atoms with van der Waals surface area (Å²) in [6, 6.07) is 19.2. The zero-order valence-corrected chi connectivity index (χ0v) is 13.3. The molecule has 0 bridgehead atoms. The number of pyridine rings is 1. The summed E-state index contributed by atoms with van der Waals surface area (Å²) in [4.78, 5) is 0. The molecule has 2 aromatic carbocycles. The summed E-state index contributed by atoms with van der Waals surface area (Å²) in [5.41, 5.74) is 3.36.